The lowest BCUT2D eigenvalue weighted by Crippen LogP contribution is -2.14. The minimum Gasteiger partial charge on any atom is -0.324 e. The molecule has 2 N–H and O–H groups in total. The fraction of sp³-hybridized carbons (Fsp3) is 0.200. The lowest BCUT2D eigenvalue weighted by Gasteiger charge is -2.14. The van der Waals surface area contributed by atoms with E-state index in [1.807, 2.05) is 25.1 Å². The molecule has 4 heteroatoms. The Labute approximate surface area is 125 Å². The van der Waals surface area contributed by atoms with E-state index in [2.05, 4.69) is 15.9 Å². The lowest BCUT2D eigenvalue weighted by atomic mass is 9.97. The Morgan fingerprint density at radius 3 is 2.63 bits per heavy atom. The van der Waals surface area contributed by atoms with Crippen LogP contribution >= 0.6 is 27.5 Å². The molecule has 0 aliphatic heterocycles. The first kappa shape index (κ1) is 14.5. The zero-order chi connectivity index (χ0) is 14.0. The quantitative estimate of drug-likeness (QED) is 0.852. The normalized spacial score (nSPS) is 12.5. The van der Waals surface area contributed by atoms with E-state index in [1.54, 1.807) is 6.07 Å². The van der Waals surface area contributed by atoms with Gasteiger partial charge in [-0.3, -0.25) is 0 Å². The number of benzene rings is 2. The third-order valence-corrected chi connectivity index (χ3v) is 4.35. The summed E-state index contributed by atoms with van der Waals surface area (Å²) in [5.74, 6) is -0.221. The lowest BCUT2D eigenvalue weighted by molar-refractivity contribution is 0.624. The van der Waals surface area contributed by atoms with Crippen molar-refractivity contribution in [3.63, 3.8) is 0 Å². The second-order valence-electron chi connectivity index (χ2n) is 4.55. The molecule has 0 aliphatic rings. The van der Waals surface area contributed by atoms with E-state index >= 15 is 0 Å². The van der Waals surface area contributed by atoms with Gasteiger partial charge in [-0.05, 0) is 70.2 Å². The highest BCUT2D eigenvalue weighted by atomic mass is 79.9. The van der Waals surface area contributed by atoms with Gasteiger partial charge in [-0.1, -0.05) is 23.7 Å². The first-order valence-electron chi connectivity index (χ1n) is 5.93. The molecule has 0 saturated carbocycles. The average Bonchev–Trinajstić information content (AvgIpc) is 2.36. The Hall–Kier alpha value is -0.900. The molecular weight excluding hydrogens is 329 g/mol. The maximum atomic E-state index is 13.1. The van der Waals surface area contributed by atoms with Gasteiger partial charge in [0, 0.05) is 10.5 Å². The Bertz CT molecular complexity index is 601. The van der Waals surface area contributed by atoms with Gasteiger partial charge in [-0.15, -0.1) is 0 Å². The zero-order valence-corrected chi connectivity index (χ0v) is 12.8. The van der Waals surface area contributed by atoms with Gasteiger partial charge in [0.25, 0.3) is 0 Å². The standard InChI is InChI=1S/C15H14BrClFN/c1-9-6-12(18)4-2-10(9)8-15(19)11-3-5-13(16)14(17)7-11/h2-7,15H,8,19H2,1H3. The summed E-state index contributed by atoms with van der Waals surface area (Å²) in [6.07, 6.45) is 0.657. The molecule has 0 spiro atoms. The zero-order valence-electron chi connectivity index (χ0n) is 10.5. The van der Waals surface area contributed by atoms with Gasteiger partial charge < -0.3 is 5.73 Å². The van der Waals surface area contributed by atoms with Crippen LogP contribution in [0.2, 0.25) is 5.02 Å². The number of hydrogen-bond donors (Lipinski definition) is 1. The van der Waals surface area contributed by atoms with E-state index in [9.17, 15) is 4.39 Å². The number of halogens is 3. The molecule has 1 unspecified atom stereocenters. The number of nitrogens with two attached hydrogens (primary N) is 1. The second-order valence-corrected chi connectivity index (χ2v) is 5.82. The number of rotatable bonds is 3. The summed E-state index contributed by atoms with van der Waals surface area (Å²) in [5, 5.41) is 0.642. The van der Waals surface area contributed by atoms with Crippen molar-refractivity contribution < 1.29 is 4.39 Å². The summed E-state index contributed by atoms with van der Waals surface area (Å²) in [4.78, 5) is 0. The molecule has 0 heterocycles. The predicted molar refractivity (Wildman–Crippen MR) is 80.9 cm³/mol. The van der Waals surface area contributed by atoms with E-state index in [4.69, 9.17) is 17.3 Å². The molecule has 2 aromatic rings. The van der Waals surface area contributed by atoms with Gasteiger partial charge >= 0.3 is 0 Å². The van der Waals surface area contributed by atoms with Crippen molar-refractivity contribution in [2.45, 2.75) is 19.4 Å². The molecule has 0 radical (unpaired) electrons. The highest BCUT2D eigenvalue weighted by Crippen LogP contribution is 2.27. The van der Waals surface area contributed by atoms with E-state index in [0.29, 0.717) is 11.4 Å². The molecule has 0 aliphatic carbocycles. The van der Waals surface area contributed by atoms with Gasteiger partial charge in [0.05, 0.1) is 5.02 Å². The Morgan fingerprint density at radius 2 is 2.00 bits per heavy atom. The van der Waals surface area contributed by atoms with Crippen molar-refractivity contribution in [2.75, 3.05) is 0 Å². The van der Waals surface area contributed by atoms with Crippen molar-refractivity contribution in [2.24, 2.45) is 5.73 Å². The smallest absolute Gasteiger partial charge is 0.123 e. The minimum atomic E-state index is -0.221. The van der Waals surface area contributed by atoms with E-state index in [-0.39, 0.29) is 11.9 Å². The molecule has 1 atom stereocenters. The largest absolute Gasteiger partial charge is 0.324 e. The van der Waals surface area contributed by atoms with E-state index in [1.165, 1.54) is 12.1 Å². The molecule has 0 aromatic heterocycles. The average molecular weight is 343 g/mol. The van der Waals surface area contributed by atoms with Crippen LogP contribution in [0, 0.1) is 12.7 Å². The first-order chi connectivity index (χ1) is 8.97. The van der Waals surface area contributed by atoms with Crippen LogP contribution in [0.4, 0.5) is 4.39 Å². The first-order valence-corrected chi connectivity index (χ1v) is 7.10. The predicted octanol–water partition coefficient (Wildman–Crippen LogP) is 4.79. The molecular formula is C15H14BrClFN. The molecule has 2 rings (SSSR count). The van der Waals surface area contributed by atoms with Crippen molar-refractivity contribution in [1.82, 2.24) is 0 Å². The third kappa shape index (κ3) is 3.56. The van der Waals surface area contributed by atoms with Crippen LogP contribution in [0.5, 0.6) is 0 Å². The molecule has 0 amide bonds. The van der Waals surface area contributed by atoms with Crippen molar-refractivity contribution in [3.05, 3.63) is 68.4 Å². The van der Waals surface area contributed by atoms with Crippen molar-refractivity contribution >= 4 is 27.5 Å². The van der Waals surface area contributed by atoms with Crippen LogP contribution in [0.3, 0.4) is 0 Å². The fourth-order valence-electron chi connectivity index (χ4n) is 1.99. The van der Waals surface area contributed by atoms with Crippen molar-refractivity contribution in [3.8, 4) is 0 Å². The molecule has 0 bridgehead atoms. The summed E-state index contributed by atoms with van der Waals surface area (Å²) in [5.41, 5.74) is 9.12. The Kier molecular flexibility index (Phi) is 4.61. The molecule has 2 aromatic carbocycles. The highest BCUT2D eigenvalue weighted by molar-refractivity contribution is 9.10. The molecule has 1 nitrogen and oxygen atoms in total. The van der Waals surface area contributed by atoms with Gasteiger partial charge in [0.1, 0.15) is 5.82 Å². The van der Waals surface area contributed by atoms with Gasteiger partial charge in [-0.25, -0.2) is 4.39 Å². The Morgan fingerprint density at radius 1 is 1.26 bits per heavy atom. The van der Waals surface area contributed by atoms with Crippen LogP contribution in [-0.4, -0.2) is 0 Å². The SMILES string of the molecule is Cc1cc(F)ccc1CC(N)c1ccc(Br)c(Cl)c1. The van der Waals surface area contributed by atoms with Gasteiger partial charge in [-0.2, -0.15) is 0 Å². The molecule has 0 saturated heterocycles. The maximum Gasteiger partial charge on any atom is 0.123 e. The maximum absolute atomic E-state index is 13.1. The van der Waals surface area contributed by atoms with E-state index in [0.717, 1.165) is 21.2 Å². The van der Waals surface area contributed by atoms with Crippen LogP contribution in [0.15, 0.2) is 40.9 Å². The summed E-state index contributed by atoms with van der Waals surface area (Å²) in [6.45, 7) is 1.89. The van der Waals surface area contributed by atoms with Gasteiger partial charge in [0.2, 0.25) is 0 Å². The molecule has 0 fully saturated rings. The van der Waals surface area contributed by atoms with E-state index < -0.39 is 0 Å². The summed E-state index contributed by atoms with van der Waals surface area (Å²) in [7, 11) is 0. The molecule has 19 heavy (non-hydrogen) atoms. The number of aryl methyl sites for hydroxylation is 1. The fourth-order valence-corrected chi connectivity index (χ4v) is 2.42. The second kappa shape index (κ2) is 6.04. The highest BCUT2D eigenvalue weighted by Gasteiger charge is 2.11. The Balaban J connectivity index is 2.20. The monoisotopic (exact) mass is 341 g/mol. The molecule has 100 valence electrons. The van der Waals surface area contributed by atoms with Gasteiger partial charge in [0.15, 0.2) is 0 Å². The third-order valence-electron chi connectivity index (χ3n) is 3.12. The van der Waals surface area contributed by atoms with Crippen LogP contribution in [0.1, 0.15) is 22.7 Å². The van der Waals surface area contributed by atoms with Crippen LogP contribution in [0.25, 0.3) is 0 Å². The van der Waals surface area contributed by atoms with Crippen LogP contribution < -0.4 is 5.73 Å². The minimum absolute atomic E-state index is 0.158. The van der Waals surface area contributed by atoms with Crippen LogP contribution in [-0.2, 0) is 6.42 Å². The summed E-state index contributed by atoms with van der Waals surface area (Å²) in [6, 6.07) is 10.3. The number of hydrogen-bond acceptors (Lipinski definition) is 1. The summed E-state index contributed by atoms with van der Waals surface area (Å²) >= 11 is 9.41. The summed E-state index contributed by atoms with van der Waals surface area (Å²) < 4.78 is 13.9. The van der Waals surface area contributed by atoms with Crippen molar-refractivity contribution in [1.29, 1.82) is 0 Å². The topological polar surface area (TPSA) is 26.0 Å².